The predicted octanol–water partition coefficient (Wildman–Crippen LogP) is 6.82. The highest BCUT2D eigenvalue weighted by atomic mass is 14.4. The van der Waals surface area contributed by atoms with E-state index in [-0.39, 0.29) is 0 Å². The first kappa shape index (κ1) is 18.3. The van der Waals surface area contributed by atoms with E-state index in [4.69, 9.17) is 5.26 Å². The molecule has 0 aromatic rings. The molecule has 2 fully saturated rings. The summed E-state index contributed by atoms with van der Waals surface area (Å²) in [5.74, 6) is 4.10. The Hall–Kier alpha value is -1.03. The molecule has 2 aliphatic carbocycles. The molecule has 0 radical (unpaired) electrons. The van der Waals surface area contributed by atoms with Gasteiger partial charge in [-0.15, -0.1) is 0 Å². The van der Waals surface area contributed by atoms with Crippen LogP contribution in [0.3, 0.4) is 0 Å². The summed E-state index contributed by atoms with van der Waals surface area (Å²) in [4.78, 5) is 0. The predicted molar refractivity (Wildman–Crippen MR) is 98.9 cm³/mol. The van der Waals surface area contributed by atoms with Crippen molar-refractivity contribution >= 4 is 0 Å². The third kappa shape index (κ3) is 6.54. The molecule has 0 aromatic heterocycles. The molecule has 2 aliphatic rings. The summed E-state index contributed by atoms with van der Waals surface area (Å²) in [7, 11) is 0. The van der Waals surface area contributed by atoms with Crippen molar-refractivity contribution in [1.82, 2.24) is 0 Å². The van der Waals surface area contributed by atoms with Crippen molar-refractivity contribution in [2.45, 2.75) is 84.0 Å². The van der Waals surface area contributed by atoms with Crippen molar-refractivity contribution in [2.75, 3.05) is 0 Å². The summed E-state index contributed by atoms with van der Waals surface area (Å²) in [6, 6.07) is 2.02. The Morgan fingerprint density at radius 3 is 1.91 bits per heavy atom. The SMILES string of the molecule is CCC[C@H]1CC[C@H]([C@H]2CC[C@H](CCC=CC=CC#N)CC2)CC1. The monoisotopic (exact) mass is 313 g/mol. The molecular formula is C22H35N. The van der Waals surface area contributed by atoms with Gasteiger partial charge in [0.2, 0.25) is 0 Å². The largest absolute Gasteiger partial charge is 0.193 e. The highest BCUT2D eigenvalue weighted by Crippen LogP contribution is 2.42. The standard InChI is InChI=1S/C22H35N/c1-2-8-19-10-14-21(15-11-19)22-16-12-20(13-17-22)9-6-4-3-5-7-18-23/h3-5,7,19-22H,2,6,8-17H2,1H3/t19-,20-,21-,22-. The van der Waals surface area contributed by atoms with E-state index in [2.05, 4.69) is 13.0 Å². The van der Waals surface area contributed by atoms with Crippen molar-refractivity contribution < 1.29 is 0 Å². The lowest BCUT2D eigenvalue weighted by atomic mass is 9.68. The van der Waals surface area contributed by atoms with Gasteiger partial charge in [0.15, 0.2) is 0 Å². The molecule has 2 saturated carbocycles. The van der Waals surface area contributed by atoms with Gasteiger partial charge in [-0.3, -0.25) is 0 Å². The van der Waals surface area contributed by atoms with Gasteiger partial charge in [0.1, 0.15) is 0 Å². The Kier molecular flexibility index (Phi) is 8.51. The van der Waals surface area contributed by atoms with Crippen molar-refractivity contribution in [3.8, 4) is 6.07 Å². The van der Waals surface area contributed by atoms with Crippen LogP contribution in [0, 0.1) is 35.0 Å². The third-order valence-corrected chi connectivity index (χ3v) is 6.31. The minimum Gasteiger partial charge on any atom is -0.193 e. The molecular weight excluding hydrogens is 278 g/mol. The van der Waals surface area contributed by atoms with E-state index in [1.165, 1.54) is 83.1 Å². The maximum atomic E-state index is 8.43. The molecule has 23 heavy (non-hydrogen) atoms. The van der Waals surface area contributed by atoms with Crippen molar-refractivity contribution in [3.63, 3.8) is 0 Å². The van der Waals surface area contributed by atoms with Gasteiger partial charge in [0.25, 0.3) is 0 Å². The Bertz CT molecular complexity index is 398. The smallest absolute Gasteiger partial charge is 0.0912 e. The highest BCUT2D eigenvalue weighted by molar-refractivity contribution is 5.11. The van der Waals surface area contributed by atoms with Crippen LogP contribution in [0.25, 0.3) is 0 Å². The van der Waals surface area contributed by atoms with Crippen LogP contribution in [0.15, 0.2) is 24.3 Å². The van der Waals surface area contributed by atoms with Gasteiger partial charge in [-0.2, -0.15) is 5.26 Å². The Morgan fingerprint density at radius 1 is 0.826 bits per heavy atom. The van der Waals surface area contributed by atoms with Crippen LogP contribution in [0.5, 0.6) is 0 Å². The van der Waals surface area contributed by atoms with E-state index < -0.39 is 0 Å². The van der Waals surface area contributed by atoms with E-state index in [0.717, 1.165) is 23.7 Å². The summed E-state index contributed by atoms with van der Waals surface area (Å²) in [5, 5.41) is 8.43. The summed E-state index contributed by atoms with van der Waals surface area (Å²) < 4.78 is 0. The van der Waals surface area contributed by atoms with Crippen LogP contribution in [-0.2, 0) is 0 Å². The molecule has 128 valence electrons. The lowest BCUT2D eigenvalue weighted by molar-refractivity contribution is 0.141. The van der Waals surface area contributed by atoms with Crippen LogP contribution in [0.1, 0.15) is 84.0 Å². The van der Waals surface area contributed by atoms with Crippen LogP contribution < -0.4 is 0 Å². The molecule has 2 rings (SSSR count). The number of nitrogens with zero attached hydrogens (tertiary/aromatic N) is 1. The van der Waals surface area contributed by atoms with Crippen molar-refractivity contribution in [1.29, 1.82) is 5.26 Å². The molecule has 0 aliphatic heterocycles. The average Bonchev–Trinajstić information content (AvgIpc) is 2.60. The lowest BCUT2D eigenvalue weighted by Gasteiger charge is -2.38. The molecule has 0 N–H and O–H groups in total. The fourth-order valence-corrected chi connectivity index (χ4v) is 4.91. The Balaban J connectivity index is 1.60. The average molecular weight is 314 g/mol. The molecule has 0 aromatic carbocycles. The number of hydrogen-bond donors (Lipinski definition) is 0. The van der Waals surface area contributed by atoms with Crippen molar-refractivity contribution in [3.05, 3.63) is 24.3 Å². The molecule has 1 heteroatoms. The number of hydrogen-bond acceptors (Lipinski definition) is 1. The normalized spacial score (nSPS) is 32.3. The first-order valence-corrected chi connectivity index (χ1v) is 10.0. The first-order chi connectivity index (χ1) is 11.3. The second kappa shape index (κ2) is 10.7. The van der Waals surface area contributed by atoms with E-state index in [9.17, 15) is 0 Å². The summed E-state index contributed by atoms with van der Waals surface area (Å²) in [6.07, 6.45) is 24.9. The van der Waals surface area contributed by atoms with Crippen LogP contribution in [-0.4, -0.2) is 0 Å². The quantitative estimate of drug-likeness (QED) is 0.374. The van der Waals surface area contributed by atoms with E-state index in [1.54, 1.807) is 0 Å². The van der Waals surface area contributed by atoms with Gasteiger partial charge < -0.3 is 0 Å². The van der Waals surface area contributed by atoms with Gasteiger partial charge in [0.05, 0.1) is 6.07 Å². The van der Waals surface area contributed by atoms with E-state index in [1.807, 2.05) is 18.2 Å². The van der Waals surface area contributed by atoms with Gasteiger partial charge in [-0.05, 0) is 62.2 Å². The van der Waals surface area contributed by atoms with Gasteiger partial charge in [-0.25, -0.2) is 0 Å². The lowest BCUT2D eigenvalue weighted by Crippen LogP contribution is -2.25. The fraction of sp³-hybridized carbons (Fsp3) is 0.773. The second-order valence-corrected chi connectivity index (χ2v) is 7.84. The molecule has 0 bridgehead atoms. The molecule has 0 heterocycles. The maximum absolute atomic E-state index is 8.43. The summed E-state index contributed by atoms with van der Waals surface area (Å²) in [5.41, 5.74) is 0. The third-order valence-electron chi connectivity index (χ3n) is 6.31. The van der Waals surface area contributed by atoms with Gasteiger partial charge >= 0.3 is 0 Å². The van der Waals surface area contributed by atoms with Crippen LogP contribution in [0.4, 0.5) is 0 Å². The topological polar surface area (TPSA) is 23.8 Å². The summed E-state index contributed by atoms with van der Waals surface area (Å²) in [6.45, 7) is 2.34. The van der Waals surface area contributed by atoms with E-state index >= 15 is 0 Å². The number of allylic oxidation sites excluding steroid dienone is 4. The second-order valence-electron chi connectivity index (χ2n) is 7.84. The molecule has 0 spiro atoms. The van der Waals surface area contributed by atoms with Crippen LogP contribution >= 0.6 is 0 Å². The number of nitriles is 1. The minimum atomic E-state index is 0.951. The zero-order chi connectivity index (χ0) is 16.3. The maximum Gasteiger partial charge on any atom is 0.0912 e. The Labute approximate surface area is 143 Å². The zero-order valence-corrected chi connectivity index (χ0v) is 15.1. The van der Waals surface area contributed by atoms with Gasteiger partial charge in [-0.1, -0.05) is 63.7 Å². The van der Waals surface area contributed by atoms with Crippen LogP contribution in [0.2, 0.25) is 0 Å². The molecule has 0 amide bonds. The summed E-state index contributed by atoms with van der Waals surface area (Å²) >= 11 is 0. The molecule has 0 saturated heterocycles. The molecule has 1 nitrogen and oxygen atoms in total. The highest BCUT2D eigenvalue weighted by Gasteiger charge is 2.30. The van der Waals surface area contributed by atoms with Gasteiger partial charge in [0, 0.05) is 6.08 Å². The fourth-order valence-electron chi connectivity index (χ4n) is 4.91. The zero-order valence-electron chi connectivity index (χ0n) is 15.1. The van der Waals surface area contributed by atoms with Crippen molar-refractivity contribution in [2.24, 2.45) is 23.7 Å². The first-order valence-electron chi connectivity index (χ1n) is 10.0. The number of rotatable bonds is 7. The minimum absolute atomic E-state index is 0.951. The molecule has 0 unspecified atom stereocenters. The Morgan fingerprint density at radius 2 is 1.39 bits per heavy atom. The van der Waals surface area contributed by atoms with E-state index in [0.29, 0.717) is 0 Å². The molecule has 0 atom stereocenters.